The first kappa shape index (κ1) is 22.1. The number of nitrogens with two attached hydrogens (primary N) is 2. The first-order valence-corrected chi connectivity index (χ1v) is 12.5. The van der Waals surface area contributed by atoms with E-state index in [0.29, 0.717) is 26.7 Å². The van der Waals surface area contributed by atoms with Crippen LogP contribution in [0.4, 0.5) is 0 Å². The molecule has 0 fully saturated rings. The van der Waals surface area contributed by atoms with Crippen LogP contribution in [0, 0.1) is 0 Å². The van der Waals surface area contributed by atoms with E-state index in [1.165, 1.54) is 23.5 Å². The minimum Gasteiger partial charge on any atom is -0.366 e. The van der Waals surface area contributed by atoms with Gasteiger partial charge >= 0.3 is 0 Å². The Hall–Kier alpha value is -3.14. The van der Waals surface area contributed by atoms with Crippen LogP contribution in [0.5, 0.6) is 0 Å². The fourth-order valence-electron chi connectivity index (χ4n) is 3.70. The number of rotatable bonds is 7. The molecule has 0 aliphatic rings. The number of carbonyl (C=O) groups excluding carboxylic acids is 1. The second kappa shape index (κ2) is 8.78. The Labute approximate surface area is 190 Å². The van der Waals surface area contributed by atoms with Gasteiger partial charge in [-0.3, -0.25) is 4.79 Å². The van der Waals surface area contributed by atoms with E-state index in [1.807, 2.05) is 30.3 Å². The first-order chi connectivity index (χ1) is 15.3. The maximum absolute atomic E-state index is 12.5. The number of aryl methyl sites for hydroxylation is 1. The molecule has 3 aromatic carbocycles. The number of benzene rings is 3. The highest BCUT2D eigenvalue weighted by atomic mass is 32.2. The van der Waals surface area contributed by atoms with Gasteiger partial charge in [0.05, 0.1) is 10.5 Å². The van der Waals surface area contributed by atoms with Crippen LogP contribution >= 0.6 is 11.3 Å². The lowest BCUT2D eigenvalue weighted by Gasteiger charge is -2.14. The van der Waals surface area contributed by atoms with Crippen molar-refractivity contribution in [3.63, 3.8) is 0 Å². The van der Waals surface area contributed by atoms with Crippen molar-refractivity contribution in [2.24, 2.45) is 10.9 Å². The van der Waals surface area contributed by atoms with Gasteiger partial charge in [-0.25, -0.2) is 13.6 Å². The van der Waals surface area contributed by atoms with Gasteiger partial charge < -0.3 is 5.73 Å². The van der Waals surface area contributed by atoms with Gasteiger partial charge in [0.2, 0.25) is 15.9 Å². The average Bonchev–Trinajstić information content (AvgIpc) is 3.25. The summed E-state index contributed by atoms with van der Waals surface area (Å²) < 4.78 is 23.0. The van der Waals surface area contributed by atoms with Gasteiger partial charge in [0, 0.05) is 11.1 Å². The molecule has 4 rings (SSSR count). The topological polar surface area (TPSA) is 129 Å². The van der Waals surface area contributed by atoms with E-state index in [4.69, 9.17) is 10.9 Å². The predicted molar refractivity (Wildman–Crippen MR) is 127 cm³/mol. The van der Waals surface area contributed by atoms with Crippen LogP contribution in [0.25, 0.3) is 31.9 Å². The molecular formula is C23H22N4O3S2. The summed E-state index contributed by atoms with van der Waals surface area (Å²) in [7, 11) is -3.78. The van der Waals surface area contributed by atoms with E-state index in [0.717, 1.165) is 35.6 Å². The smallest absolute Gasteiger partial charge is 0.249 e. The molecule has 0 unspecified atom stereocenters. The van der Waals surface area contributed by atoms with E-state index in [-0.39, 0.29) is 4.90 Å². The molecule has 164 valence electrons. The van der Waals surface area contributed by atoms with Crippen molar-refractivity contribution in [3.05, 3.63) is 65.7 Å². The van der Waals surface area contributed by atoms with Gasteiger partial charge in [-0.15, -0.1) is 10.2 Å². The summed E-state index contributed by atoms with van der Waals surface area (Å²) in [4.78, 5) is 12.6. The number of carbonyl (C=O) groups is 1. The van der Waals surface area contributed by atoms with Crippen LogP contribution in [0.2, 0.25) is 0 Å². The molecule has 0 saturated heterocycles. The number of aromatic nitrogens is 2. The molecular weight excluding hydrogens is 444 g/mol. The second-order valence-electron chi connectivity index (χ2n) is 7.46. The molecule has 4 aromatic rings. The molecule has 9 heteroatoms. The maximum Gasteiger partial charge on any atom is 0.249 e. The zero-order valence-electron chi connectivity index (χ0n) is 17.4. The highest BCUT2D eigenvalue weighted by molar-refractivity contribution is 7.89. The number of primary sulfonamides is 1. The van der Waals surface area contributed by atoms with E-state index in [2.05, 4.69) is 17.1 Å². The number of fused-ring (bicyclic) bond motifs is 1. The Kier molecular flexibility index (Phi) is 6.05. The van der Waals surface area contributed by atoms with Crippen LogP contribution in [-0.2, 0) is 16.4 Å². The maximum atomic E-state index is 12.5. The van der Waals surface area contributed by atoms with Crippen LogP contribution in [0.3, 0.4) is 0 Å². The van der Waals surface area contributed by atoms with E-state index in [1.54, 1.807) is 12.1 Å². The zero-order chi connectivity index (χ0) is 22.9. The summed E-state index contributed by atoms with van der Waals surface area (Å²) in [6.07, 6.45) is 2.68. The summed E-state index contributed by atoms with van der Waals surface area (Å²) in [6.45, 7) is 2.10. The number of amides is 1. The minimum absolute atomic E-state index is 0.0247. The standard InChI is InChI=1S/C23H22N4O3S2/c1-2-3-6-16-13-15-7-4-5-8-18(15)20(19(16)21(24)28)23-27-26-22(31-23)14-9-11-17(12-10-14)32(25,29)30/h4-5,7-13H,2-3,6H2,1H3,(H2,24,28)(H2,25,29,30). The molecule has 1 heterocycles. The summed E-state index contributed by atoms with van der Waals surface area (Å²) in [5, 5.41) is 16.9. The number of nitrogens with zero attached hydrogens (tertiary/aromatic N) is 2. The lowest BCUT2D eigenvalue weighted by Crippen LogP contribution is -2.16. The number of sulfonamides is 1. The molecule has 0 aliphatic carbocycles. The highest BCUT2D eigenvalue weighted by Gasteiger charge is 2.22. The lowest BCUT2D eigenvalue weighted by molar-refractivity contribution is 0.1000. The van der Waals surface area contributed by atoms with Crippen LogP contribution in [0.1, 0.15) is 35.7 Å². The van der Waals surface area contributed by atoms with Crippen LogP contribution < -0.4 is 10.9 Å². The van der Waals surface area contributed by atoms with Gasteiger partial charge in [0.15, 0.2) is 0 Å². The lowest BCUT2D eigenvalue weighted by atomic mass is 9.91. The monoisotopic (exact) mass is 466 g/mol. The fraction of sp³-hybridized carbons (Fsp3) is 0.174. The Morgan fingerprint density at radius 1 is 1.03 bits per heavy atom. The summed E-state index contributed by atoms with van der Waals surface area (Å²) >= 11 is 1.32. The predicted octanol–water partition coefficient (Wildman–Crippen LogP) is 4.11. The molecule has 0 radical (unpaired) electrons. The fourth-order valence-corrected chi connectivity index (χ4v) is 5.13. The Morgan fingerprint density at radius 3 is 2.38 bits per heavy atom. The number of unbranched alkanes of at least 4 members (excludes halogenated alkanes) is 1. The molecule has 32 heavy (non-hydrogen) atoms. The Balaban J connectivity index is 1.87. The Morgan fingerprint density at radius 2 is 1.72 bits per heavy atom. The molecule has 0 bridgehead atoms. The van der Waals surface area contributed by atoms with Gasteiger partial charge in [-0.2, -0.15) is 0 Å². The Bertz CT molecular complexity index is 1410. The molecule has 0 spiro atoms. The average molecular weight is 467 g/mol. The molecule has 0 atom stereocenters. The van der Waals surface area contributed by atoms with Gasteiger partial charge in [0.1, 0.15) is 10.0 Å². The van der Waals surface area contributed by atoms with Gasteiger partial charge in [-0.1, -0.05) is 67.1 Å². The van der Waals surface area contributed by atoms with Crippen LogP contribution in [-0.4, -0.2) is 24.5 Å². The quantitative estimate of drug-likeness (QED) is 0.423. The molecule has 0 aliphatic heterocycles. The van der Waals surface area contributed by atoms with Crippen molar-refractivity contribution >= 4 is 38.0 Å². The molecule has 7 nitrogen and oxygen atoms in total. The third kappa shape index (κ3) is 4.27. The van der Waals surface area contributed by atoms with Crippen molar-refractivity contribution in [1.82, 2.24) is 10.2 Å². The van der Waals surface area contributed by atoms with Gasteiger partial charge in [-0.05, 0) is 41.3 Å². The van der Waals surface area contributed by atoms with Crippen molar-refractivity contribution in [2.45, 2.75) is 31.1 Å². The molecule has 1 amide bonds. The van der Waals surface area contributed by atoms with Crippen molar-refractivity contribution in [2.75, 3.05) is 0 Å². The summed E-state index contributed by atoms with van der Waals surface area (Å²) in [5.74, 6) is -0.494. The van der Waals surface area contributed by atoms with Gasteiger partial charge in [0.25, 0.3) is 0 Å². The second-order valence-corrected chi connectivity index (χ2v) is 10.00. The summed E-state index contributed by atoms with van der Waals surface area (Å²) in [6, 6.07) is 16.0. The number of hydrogen-bond donors (Lipinski definition) is 2. The number of hydrogen-bond acceptors (Lipinski definition) is 6. The van der Waals surface area contributed by atoms with Crippen molar-refractivity contribution in [1.29, 1.82) is 0 Å². The molecule has 4 N–H and O–H groups in total. The van der Waals surface area contributed by atoms with E-state index in [9.17, 15) is 13.2 Å². The third-order valence-corrected chi connectivity index (χ3v) is 7.16. The molecule has 0 saturated carbocycles. The van der Waals surface area contributed by atoms with E-state index < -0.39 is 15.9 Å². The minimum atomic E-state index is -3.78. The van der Waals surface area contributed by atoms with Crippen molar-refractivity contribution in [3.8, 4) is 21.1 Å². The molecule has 1 aromatic heterocycles. The highest BCUT2D eigenvalue weighted by Crippen LogP contribution is 2.38. The third-order valence-electron chi connectivity index (χ3n) is 5.25. The number of primary amides is 1. The zero-order valence-corrected chi connectivity index (χ0v) is 19.0. The SMILES string of the molecule is CCCCc1cc2ccccc2c(-c2nnc(-c3ccc(S(N)(=O)=O)cc3)s2)c1C(N)=O. The van der Waals surface area contributed by atoms with Crippen LogP contribution in [0.15, 0.2) is 59.5 Å². The summed E-state index contributed by atoms with van der Waals surface area (Å²) in [5.41, 5.74) is 8.61. The normalized spacial score (nSPS) is 11.7. The van der Waals surface area contributed by atoms with Crippen molar-refractivity contribution < 1.29 is 13.2 Å². The largest absolute Gasteiger partial charge is 0.366 e. The first-order valence-electron chi connectivity index (χ1n) is 10.1. The van der Waals surface area contributed by atoms with E-state index >= 15 is 0 Å².